The summed E-state index contributed by atoms with van der Waals surface area (Å²) in [4.78, 5) is 18.1. The highest BCUT2D eigenvalue weighted by Crippen LogP contribution is 2.38. The molecule has 0 spiro atoms. The van der Waals surface area contributed by atoms with Gasteiger partial charge in [-0.1, -0.05) is 32.9 Å². The summed E-state index contributed by atoms with van der Waals surface area (Å²) >= 11 is 0. The van der Waals surface area contributed by atoms with E-state index in [4.69, 9.17) is 4.74 Å². The second kappa shape index (κ2) is 12.6. The number of methoxy groups -OCH3 is 1. The molecule has 2 aromatic carbocycles. The highest BCUT2D eigenvalue weighted by Gasteiger charge is 2.25. The SMILES string of the molecule is CCCNC(=O)c1nnc(-c2cc(C(C)C)c(OC)cc2O)n1-c1ccc(CN2CCN(C(C)C)CC2)cc1. The average molecular weight is 535 g/mol. The number of aromatic nitrogens is 3. The molecule has 1 amide bonds. The maximum Gasteiger partial charge on any atom is 0.289 e. The third-order valence-corrected chi connectivity index (χ3v) is 7.35. The molecule has 0 aliphatic carbocycles. The summed E-state index contributed by atoms with van der Waals surface area (Å²) in [5.74, 6) is 1.05. The number of nitrogens with zero attached hydrogens (tertiary/aromatic N) is 5. The van der Waals surface area contributed by atoms with Crippen LogP contribution in [-0.4, -0.2) is 81.5 Å². The number of phenols is 1. The van der Waals surface area contributed by atoms with Crippen LogP contribution in [0, 0.1) is 0 Å². The van der Waals surface area contributed by atoms with Crippen LogP contribution >= 0.6 is 0 Å². The molecule has 1 fully saturated rings. The Morgan fingerprint density at radius 3 is 2.33 bits per heavy atom. The van der Waals surface area contributed by atoms with Gasteiger partial charge in [-0.15, -0.1) is 10.2 Å². The predicted molar refractivity (Wildman–Crippen MR) is 154 cm³/mol. The van der Waals surface area contributed by atoms with E-state index in [1.54, 1.807) is 17.7 Å². The molecule has 1 aromatic heterocycles. The number of hydrogen-bond acceptors (Lipinski definition) is 7. The lowest BCUT2D eigenvalue weighted by molar-refractivity contribution is 0.0941. The number of benzene rings is 2. The van der Waals surface area contributed by atoms with Crippen molar-refractivity contribution in [3.63, 3.8) is 0 Å². The standard InChI is InChI=1S/C30H42N6O3/c1-7-12-31-30(38)29-33-32-28(25-17-24(20(2)3)27(39-6)18-26(25)37)36(29)23-10-8-22(9-11-23)19-34-13-15-35(16-14-34)21(4)5/h8-11,17-18,20-21,37H,7,12-16,19H2,1-6H3,(H,31,38). The van der Waals surface area contributed by atoms with Crippen molar-refractivity contribution in [3.8, 4) is 28.6 Å². The Labute approximate surface area is 231 Å². The van der Waals surface area contributed by atoms with Crippen LogP contribution in [0.15, 0.2) is 36.4 Å². The molecular weight excluding hydrogens is 492 g/mol. The molecule has 0 bridgehead atoms. The average Bonchev–Trinajstić information content (AvgIpc) is 3.37. The van der Waals surface area contributed by atoms with Crippen molar-refractivity contribution in [2.45, 2.75) is 59.5 Å². The van der Waals surface area contributed by atoms with Gasteiger partial charge in [-0.05, 0) is 55.5 Å². The predicted octanol–water partition coefficient (Wildman–Crippen LogP) is 4.44. The number of carbonyl (C=O) groups is 1. The molecule has 1 aliphatic heterocycles. The summed E-state index contributed by atoms with van der Waals surface area (Å²) in [6, 6.07) is 12.2. The van der Waals surface area contributed by atoms with E-state index in [1.165, 1.54) is 5.56 Å². The summed E-state index contributed by atoms with van der Waals surface area (Å²) in [6.45, 7) is 16.3. The first-order chi connectivity index (χ1) is 18.7. The van der Waals surface area contributed by atoms with Crippen molar-refractivity contribution in [2.24, 2.45) is 0 Å². The van der Waals surface area contributed by atoms with Crippen molar-refractivity contribution in [1.82, 2.24) is 29.9 Å². The van der Waals surface area contributed by atoms with Gasteiger partial charge >= 0.3 is 0 Å². The fourth-order valence-corrected chi connectivity index (χ4v) is 5.01. The first-order valence-electron chi connectivity index (χ1n) is 13.9. The van der Waals surface area contributed by atoms with Crippen molar-refractivity contribution < 1.29 is 14.6 Å². The first-order valence-corrected chi connectivity index (χ1v) is 13.9. The molecule has 2 N–H and O–H groups in total. The van der Waals surface area contributed by atoms with Crippen molar-refractivity contribution >= 4 is 5.91 Å². The minimum absolute atomic E-state index is 0.0163. The van der Waals surface area contributed by atoms with E-state index in [-0.39, 0.29) is 23.4 Å². The Bertz CT molecular complexity index is 1260. The molecule has 4 rings (SSSR count). The van der Waals surface area contributed by atoms with Crippen LogP contribution < -0.4 is 10.1 Å². The zero-order valence-corrected chi connectivity index (χ0v) is 24.1. The maximum absolute atomic E-state index is 13.1. The van der Waals surface area contributed by atoms with E-state index in [1.807, 2.05) is 25.1 Å². The number of nitrogens with one attached hydrogen (secondary N) is 1. The Morgan fingerprint density at radius 2 is 1.74 bits per heavy atom. The monoisotopic (exact) mass is 534 g/mol. The quantitative estimate of drug-likeness (QED) is 0.397. The summed E-state index contributed by atoms with van der Waals surface area (Å²) in [5.41, 5.74) is 3.39. The number of piperazine rings is 1. The second-order valence-electron chi connectivity index (χ2n) is 10.8. The van der Waals surface area contributed by atoms with Gasteiger partial charge in [0.1, 0.15) is 11.5 Å². The van der Waals surface area contributed by atoms with E-state index in [0.717, 1.165) is 50.4 Å². The Balaban J connectivity index is 1.68. The lowest BCUT2D eigenvalue weighted by Crippen LogP contribution is -2.48. The zero-order valence-electron chi connectivity index (χ0n) is 24.1. The molecule has 0 radical (unpaired) electrons. The highest BCUT2D eigenvalue weighted by molar-refractivity contribution is 5.92. The Hall–Kier alpha value is -3.43. The minimum atomic E-state index is -0.306. The van der Waals surface area contributed by atoms with Crippen LogP contribution in [0.2, 0.25) is 0 Å². The van der Waals surface area contributed by atoms with Crippen LogP contribution in [0.1, 0.15) is 68.7 Å². The van der Waals surface area contributed by atoms with E-state index >= 15 is 0 Å². The molecule has 3 aromatic rings. The largest absolute Gasteiger partial charge is 0.507 e. The first kappa shape index (κ1) is 28.6. The van der Waals surface area contributed by atoms with Gasteiger partial charge in [0.2, 0.25) is 5.82 Å². The van der Waals surface area contributed by atoms with Gasteiger partial charge in [-0.2, -0.15) is 0 Å². The van der Waals surface area contributed by atoms with E-state index in [9.17, 15) is 9.90 Å². The number of phenolic OH excluding ortho intramolecular Hbond substituents is 1. The van der Waals surface area contributed by atoms with Gasteiger partial charge in [0.15, 0.2) is 5.82 Å². The number of aromatic hydroxyl groups is 1. The van der Waals surface area contributed by atoms with Crippen LogP contribution in [0.3, 0.4) is 0 Å². The normalized spacial score (nSPS) is 14.8. The molecule has 0 unspecified atom stereocenters. The molecule has 1 aliphatic rings. The van der Waals surface area contributed by atoms with Gasteiger partial charge in [0.25, 0.3) is 5.91 Å². The Kier molecular flexibility index (Phi) is 9.24. The summed E-state index contributed by atoms with van der Waals surface area (Å²) in [6.07, 6.45) is 0.809. The second-order valence-corrected chi connectivity index (χ2v) is 10.8. The van der Waals surface area contributed by atoms with E-state index in [0.29, 0.717) is 29.7 Å². The number of hydrogen-bond donors (Lipinski definition) is 2. The van der Waals surface area contributed by atoms with Crippen molar-refractivity contribution in [1.29, 1.82) is 0 Å². The number of amides is 1. The fraction of sp³-hybridized carbons (Fsp3) is 0.500. The zero-order chi connectivity index (χ0) is 28.1. The number of carbonyl (C=O) groups excluding carboxylic acids is 1. The van der Waals surface area contributed by atoms with Crippen LogP contribution in [-0.2, 0) is 6.54 Å². The van der Waals surface area contributed by atoms with Crippen molar-refractivity contribution in [2.75, 3.05) is 39.8 Å². The maximum atomic E-state index is 13.1. The molecule has 9 nitrogen and oxygen atoms in total. The lowest BCUT2D eigenvalue weighted by Gasteiger charge is -2.36. The Morgan fingerprint density at radius 1 is 1.05 bits per heavy atom. The molecule has 0 saturated carbocycles. The molecular formula is C30H42N6O3. The van der Waals surface area contributed by atoms with Crippen LogP contribution in [0.25, 0.3) is 17.1 Å². The van der Waals surface area contributed by atoms with Gasteiger partial charge in [0, 0.05) is 57.1 Å². The summed E-state index contributed by atoms with van der Waals surface area (Å²) < 4.78 is 7.22. The molecule has 2 heterocycles. The molecule has 39 heavy (non-hydrogen) atoms. The number of ether oxygens (including phenoxy) is 1. The molecule has 210 valence electrons. The van der Waals surface area contributed by atoms with Gasteiger partial charge in [-0.3, -0.25) is 19.2 Å². The van der Waals surface area contributed by atoms with E-state index < -0.39 is 0 Å². The topological polar surface area (TPSA) is 95.8 Å². The minimum Gasteiger partial charge on any atom is -0.507 e. The molecule has 9 heteroatoms. The van der Waals surface area contributed by atoms with E-state index in [2.05, 4.69) is 65.1 Å². The van der Waals surface area contributed by atoms with Gasteiger partial charge < -0.3 is 15.2 Å². The van der Waals surface area contributed by atoms with Gasteiger partial charge in [-0.25, -0.2) is 0 Å². The summed E-state index contributed by atoms with van der Waals surface area (Å²) in [7, 11) is 1.59. The fourth-order valence-electron chi connectivity index (χ4n) is 5.01. The number of rotatable bonds is 10. The van der Waals surface area contributed by atoms with Gasteiger partial charge in [0.05, 0.1) is 12.7 Å². The third kappa shape index (κ3) is 6.42. The highest BCUT2D eigenvalue weighted by atomic mass is 16.5. The third-order valence-electron chi connectivity index (χ3n) is 7.35. The van der Waals surface area contributed by atoms with Crippen LogP contribution in [0.4, 0.5) is 0 Å². The smallest absolute Gasteiger partial charge is 0.289 e. The molecule has 0 atom stereocenters. The lowest BCUT2D eigenvalue weighted by atomic mass is 9.98. The van der Waals surface area contributed by atoms with Crippen LogP contribution in [0.5, 0.6) is 11.5 Å². The van der Waals surface area contributed by atoms with Crippen molar-refractivity contribution in [3.05, 3.63) is 53.3 Å². The summed E-state index contributed by atoms with van der Waals surface area (Å²) in [5, 5.41) is 22.5. The molecule has 1 saturated heterocycles.